The Kier molecular flexibility index (Phi) is 3.42. The number of benzene rings is 1. The van der Waals surface area contributed by atoms with Gasteiger partial charge in [0.25, 0.3) is 5.69 Å². The van der Waals surface area contributed by atoms with Gasteiger partial charge in [-0.3, -0.25) is 14.8 Å². The van der Waals surface area contributed by atoms with Crippen LogP contribution in [0.25, 0.3) is 0 Å². The van der Waals surface area contributed by atoms with Crippen molar-refractivity contribution < 1.29 is 4.92 Å². The SMILES string of the molecule is Cn1cc(CNc2cc([N+](=O)[O-])ccc2Cl)nn1. The first-order valence-corrected chi connectivity index (χ1v) is 5.47. The molecule has 1 aromatic carbocycles. The molecule has 0 spiro atoms. The lowest BCUT2D eigenvalue weighted by Gasteiger charge is -2.06. The minimum absolute atomic E-state index is 0.0129. The number of anilines is 1. The molecule has 8 heteroatoms. The van der Waals surface area contributed by atoms with Crippen LogP contribution in [0.4, 0.5) is 11.4 Å². The molecule has 0 unspecified atom stereocenters. The predicted molar refractivity (Wildman–Crippen MR) is 66.4 cm³/mol. The van der Waals surface area contributed by atoms with E-state index in [0.29, 0.717) is 17.3 Å². The first-order valence-electron chi connectivity index (χ1n) is 5.09. The van der Waals surface area contributed by atoms with E-state index in [-0.39, 0.29) is 5.69 Å². The summed E-state index contributed by atoms with van der Waals surface area (Å²) in [6.07, 6.45) is 1.75. The van der Waals surface area contributed by atoms with Crippen molar-refractivity contribution >= 4 is 23.0 Å². The minimum Gasteiger partial charge on any atom is -0.378 e. The molecule has 0 bridgehead atoms. The van der Waals surface area contributed by atoms with E-state index in [1.54, 1.807) is 17.9 Å². The van der Waals surface area contributed by atoms with Crippen LogP contribution in [0.1, 0.15) is 5.69 Å². The summed E-state index contributed by atoms with van der Waals surface area (Å²) >= 11 is 5.95. The van der Waals surface area contributed by atoms with Crippen molar-refractivity contribution in [3.8, 4) is 0 Å². The molecule has 0 saturated carbocycles. The van der Waals surface area contributed by atoms with Crippen molar-refractivity contribution in [2.75, 3.05) is 5.32 Å². The number of non-ortho nitro benzene ring substituents is 1. The molecule has 0 amide bonds. The highest BCUT2D eigenvalue weighted by Gasteiger charge is 2.09. The molecule has 0 radical (unpaired) electrons. The first-order chi connectivity index (χ1) is 8.56. The predicted octanol–water partition coefficient (Wildman–Crippen LogP) is 1.99. The van der Waals surface area contributed by atoms with Gasteiger partial charge in [-0.15, -0.1) is 5.10 Å². The molecule has 2 aromatic rings. The third-order valence-electron chi connectivity index (χ3n) is 2.27. The summed E-state index contributed by atoms with van der Waals surface area (Å²) in [7, 11) is 1.76. The number of aromatic nitrogens is 3. The molecule has 0 saturated heterocycles. The van der Waals surface area contributed by atoms with E-state index in [2.05, 4.69) is 15.6 Å². The van der Waals surface area contributed by atoms with Crippen LogP contribution in [-0.2, 0) is 13.6 Å². The molecule has 0 aliphatic carbocycles. The Morgan fingerprint density at radius 2 is 2.33 bits per heavy atom. The molecule has 0 atom stereocenters. The van der Waals surface area contributed by atoms with Gasteiger partial charge in [-0.05, 0) is 6.07 Å². The molecule has 7 nitrogen and oxygen atoms in total. The van der Waals surface area contributed by atoms with Gasteiger partial charge in [0.1, 0.15) is 5.69 Å². The van der Waals surface area contributed by atoms with Crippen LogP contribution in [0.2, 0.25) is 5.02 Å². The molecule has 94 valence electrons. The number of nitrogens with one attached hydrogen (secondary N) is 1. The minimum atomic E-state index is -0.468. The molecule has 18 heavy (non-hydrogen) atoms. The molecule has 1 N–H and O–H groups in total. The summed E-state index contributed by atoms with van der Waals surface area (Å²) in [6, 6.07) is 4.23. The van der Waals surface area contributed by atoms with Crippen molar-refractivity contribution in [3.63, 3.8) is 0 Å². The normalized spacial score (nSPS) is 10.3. The Balaban J connectivity index is 2.13. The second kappa shape index (κ2) is 5.01. The highest BCUT2D eigenvalue weighted by atomic mass is 35.5. The number of nitro benzene ring substituents is 1. The van der Waals surface area contributed by atoms with Crippen molar-refractivity contribution in [2.45, 2.75) is 6.54 Å². The van der Waals surface area contributed by atoms with Crippen LogP contribution < -0.4 is 5.32 Å². The monoisotopic (exact) mass is 267 g/mol. The van der Waals surface area contributed by atoms with Crippen LogP contribution in [0.5, 0.6) is 0 Å². The average molecular weight is 268 g/mol. The third-order valence-corrected chi connectivity index (χ3v) is 2.60. The van der Waals surface area contributed by atoms with Crippen molar-refractivity contribution in [1.29, 1.82) is 0 Å². The van der Waals surface area contributed by atoms with E-state index in [0.717, 1.165) is 5.69 Å². The van der Waals surface area contributed by atoms with E-state index in [9.17, 15) is 10.1 Å². The van der Waals surface area contributed by atoms with Crippen molar-refractivity contribution in [1.82, 2.24) is 15.0 Å². The lowest BCUT2D eigenvalue weighted by Crippen LogP contribution is -2.01. The zero-order valence-corrected chi connectivity index (χ0v) is 10.3. The average Bonchev–Trinajstić information content (AvgIpc) is 2.74. The second-order valence-corrected chi connectivity index (χ2v) is 4.07. The summed E-state index contributed by atoms with van der Waals surface area (Å²) in [5.41, 5.74) is 1.21. The van der Waals surface area contributed by atoms with Gasteiger partial charge < -0.3 is 5.32 Å². The smallest absolute Gasteiger partial charge is 0.271 e. The highest BCUT2D eigenvalue weighted by molar-refractivity contribution is 6.33. The first kappa shape index (κ1) is 12.3. The number of aryl methyl sites for hydroxylation is 1. The zero-order chi connectivity index (χ0) is 13.1. The van der Waals surface area contributed by atoms with E-state index in [1.807, 2.05) is 0 Å². The summed E-state index contributed by atoms with van der Waals surface area (Å²) < 4.78 is 1.58. The zero-order valence-electron chi connectivity index (χ0n) is 9.50. The van der Waals surface area contributed by atoms with Crippen LogP contribution in [0, 0.1) is 10.1 Å². The van der Waals surface area contributed by atoms with E-state index in [4.69, 9.17) is 11.6 Å². The second-order valence-electron chi connectivity index (χ2n) is 3.66. The Morgan fingerprint density at radius 1 is 1.56 bits per heavy atom. The quantitative estimate of drug-likeness (QED) is 0.676. The van der Waals surface area contributed by atoms with Gasteiger partial charge in [-0.1, -0.05) is 16.8 Å². The molecule has 1 aromatic heterocycles. The summed E-state index contributed by atoms with van der Waals surface area (Å²) in [4.78, 5) is 10.2. The molecule has 1 heterocycles. The molecule has 0 aliphatic heterocycles. The van der Waals surface area contributed by atoms with Crippen LogP contribution in [0.3, 0.4) is 0 Å². The Hall–Kier alpha value is -2.15. The fourth-order valence-corrected chi connectivity index (χ4v) is 1.61. The van der Waals surface area contributed by atoms with Gasteiger partial charge in [-0.2, -0.15) is 0 Å². The lowest BCUT2D eigenvalue weighted by atomic mass is 10.2. The number of nitrogens with zero attached hydrogens (tertiary/aromatic N) is 4. The summed E-state index contributed by atoms with van der Waals surface area (Å²) in [5.74, 6) is 0. The summed E-state index contributed by atoms with van der Waals surface area (Å²) in [5, 5.41) is 21.7. The number of hydrogen-bond acceptors (Lipinski definition) is 5. The molecule has 0 fully saturated rings. The Bertz CT molecular complexity index is 583. The molecular weight excluding hydrogens is 258 g/mol. The lowest BCUT2D eigenvalue weighted by molar-refractivity contribution is -0.384. The van der Waals surface area contributed by atoms with Crippen molar-refractivity contribution in [3.05, 3.63) is 45.2 Å². The number of halogens is 1. The number of rotatable bonds is 4. The van der Waals surface area contributed by atoms with Crippen molar-refractivity contribution in [2.24, 2.45) is 7.05 Å². The Morgan fingerprint density at radius 3 is 2.94 bits per heavy atom. The van der Waals surface area contributed by atoms with Crippen LogP contribution in [0.15, 0.2) is 24.4 Å². The standard InChI is InChI=1S/C10H10ClN5O2/c1-15-6-7(13-14-15)5-12-10-4-8(16(17)18)2-3-9(10)11/h2-4,6,12H,5H2,1H3. The van der Waals surface area contributed by atoms with Gasteiger partial charge in [0.15, 0.2) is 0 Å². The fourth-order valence-electron chi connectivity index (χ4n) is 1.42. The molecule has 0 aliphatic rings. The highest BCUT2D eigenvalue weighted by Crippen LogP contribution is 2.26. The maximum atomic E-state index is 10.7. The van der Waals surface area contributed by atoms with E-state index in [1.165, 1.54) is 18.2 Å². The van der Waals surface area contributed by atoms with Gasteiger partial charge >= 0.3 is 0 Å². The van der Waals surface area contributed by atoms with Gasteiger partial charge in [-0.25, -0.2) is 0 Å². The van der Waals surface area contributed by atoms with Gasteiger partial charge in [0.2, 0.25) is 0 Å². The largest absolute Gasteiger partial charge is 0.378 e. The van der Waals surface area contributed by atoms with Gasteiger partial charge in [0.05, 0.1) is 22.2 Å². The topological polar surface area (TPSA) is 85.9 Å². The van der Waals surface area contributed by atoms with E-state index < -0.39 is 4.92 Å². The van der Waals surface area contributed by atoms with E-state index >= 15 is 0 Å². The Labute approximate surface area is 108 Å². The van der Waals surface area contributed by atoms with Crippen LogP contribution >= 0.6 is 11.6 Å². The van der Waals surface area contributed by atoms with Gasteiger partial charge in [0, 0.05) is 25.4 Å². The molecule has 2 rings (SSSR count). The third kappa shape index (κ3) is 2.75. The summed E-state index contributed by atoms with van der Waals surface area (Å²) in [6.45, 7) is 0.398. The number of nitro groups is 1. The maximum absolute atomic E-state index is 10.7. The fraction of sp³-hybridized carbons (Fsp3) is 0.200. The molecular formula is C10H10ClN5O2. The van der Waals surface area contributed by atoms with Crippen LogP contribution in [-0.4, -0.2) is 19.9 Å². The number of hydrogen-bond donors (Lipinski definition) is 1. The maximum Gasteiger partial charge on any atom is 0.271 e.